The Morgan fingerprint density at radius 2 is 1.75 bits per heavy atom. The van der Waals surface area contributed by atoms with Crippen LogP contribution in [0.1, 0.15) is 38.3 Å². The number of rotatable bonds is 6. The summed E-state index contributed by atoms with van der Waals surface area (Å²) in [7, 11) is -1.78. The molecule has 0 aliphatic carbocycles. The third-order valence-electron chi connectivity index (χ3n) is 3.22. The topological polar surface area (TPSA) is 33.0 Å². The van der Waals surface area contributed by atoms with E-state index in [1.807, 2.05) is 6.92 Å². The predicted molar refractivity (Wildman–Crippen MR) is 87.0 cm³/mol. The Balaban J connectivity index is 3.07. The van der Waals surface area contributed by atoms with Crippen molar-refractivity contribution < 1.29 is 4.43 Å². The largest absolute Gasteiger partial charge is 0.396 e. The summed E-state index contributed by atoms with van der Waals surface area (Å²) in [4.78, 5) is 0. The highest BCUT2D eigenvalue weighted by Crippen LogP contribution is 2.32. The number of hydrogen-bond donors (Lipinski definition) is 0. The number of nitriles is 1. The Morgan fingerprint density at radius 3 is 2.10 bits per heavy atom. The zero-order valence-corrected chi connectivity index (χ0v) is 14.7. The Labute approximate surface area is 124 Å². The summed E-state index contributed by atoms with van der Waals surface area (Å²) in [6, 6.07) is 10.8. The highest BCUT2D eigenvalue weighted by molar-refractivity contribution is 6.69. The fraction of sp³-hybridized carbons (Fsp3) is 0.588. The minimum absolute atomic E-state index is 0.644. The van der Waals surface area contributed by atoms with Crippen LogP contribution in [0.15, 0.2) is 24.3 Å². The lowest BCUT2D eigenvalue weighted by atomic mass is 9.91. The molecule has 0 N–H and O–H groups in total. The van der Waals surface area contributed by atoms with E-state index in [1.54, 1.807) is 0 Å². The molecule has 2 nitrogen and oxygen atoms in total. The highest BCUT2D eigenvalue weighted by Gasteiger charge is 2.36. The Hall–Kier alpha value is -1.11. The van der Waals surface area contributed by atoms with Gasteiger partial charge in [-0.25, -0.2) is 0 Å². The third kappa shape index (κ3) is 4.47. The molecule has 0 aliphatic rings. The summed E-state index contributed by atoms with van der Waals surface area (Å²) in [6.45, 7) is 12.8. The van der Waals surface area contributed by atoms with E-state index < -0.39 is 13.9 Å². The second kappa shape index (κ2) is 6.56. The lowest BCUT2D eigenvalue weighted by Gasteiger charge is -2.33. The minimum atomic E-state index is -1.78. The van der Waals surface area contributed by atoms with E-state index in [1.165, 1.54) is 5.56 Å². The average molecular weight is 289 g/mol. The molecule has 0 saturated heterocycles. The normalized spacial score (nSPS) is 14.9. The predicted octanol–water partition coefficient (Wildman–Crippen LogP) is 4.87. The van der Waals surface area contributed by atoms with E-state index in [0.29, 0.717) is 12.3 Å². The first-order valence-corrected chi connectivity index (χ1v) is 10.8. The van der Waals surface area contributed by atoms with Crippen molar-refractivity contribution in [2.45, 2.75) is 58.9 Å². The molecule has 0 amide bonds. The van der Waals surface area contributed by atoms with E-state index in [0.717, 1.165) is 12.0 Å². The molecule has 0 fully saturated rings. The molecule has 20 heavy (non-hydrogen) atoms. The van der Waals surface area contributed by atoms with E-state index in [9.17, 15) is 5.26 Å². The van der Waals surface area contributed by atoms with Gasteiger partial charge in [0.15, 0.2) is 13.9 Å². The van der Waals surface area contributed by atoms with Crippen molar-refractivity contribution in [2.24, 2.45) is 5.92 Å². The standard InChI is InChI=1S/C17H27NOSi/c1-7-17(13-18,19-20(4,5)6)16-10-8-15(9-11-16)12-14(2)3/h8-11,14H,7,12H2,1-6H3. The van der Waals surface area contributed by atoms with Crippen LogP contribution in [0.5, 0.6) is 0 Å². The van der Waals surface area contributed by atoms with Crippen molar-refractivity contribution in [3.63, 3.8) is 0 Å². The molecular weight excluding hydrogens is 262 g/mol. The van der Waals surface area contributed by atoms with Gasteiger partial charge in [0.25, 0.3) is 0 Å². The fourth-order valence-electron chi connectivity index (χ4n) is 2.41. The van der Waals surface area contributed by atoms with Crippen molar-refractivity contribution in [3.05, 3.63) is 35.4 Å². The van der Waals surface area contributed by atoms with Gasteiger partial charge in [-0.2, -0.15) is 5.26 Å². The van der Waals surface area contributed by atoms with Crippen LogP contribution in [-0.4, -0.2) is 8.32 Å². The molecule has 3 heteroatoms. The zero-order valence-electron chi connectivity index (χ0n) is 13.7. The molecule has 1 atom stereocenters. The molecule has 0 spiro atoms. The molecule has 1 aromatic rings. The minimum Gasteiger partial charge on any atom is -0.396 e. The van der Waals surface area contributed by atoms with Crippen LogP contribution in [0.4, 0.5) is 0 Å². The maximum atomic E-state index is 9.66. The van der Waals surface area contributed by atoms with Gasteiger partial charge in [0.05, 0.1) is 0 Å². The smallest absolute Gasteiger partial charge is 0.186 e. The van der Waals surface area contributed by atoms with Gasteiger partial charge in [-0.1, -0.05) is 45.0 Å². The summed E-state index contributed by atoms with van der Waals surface area (Å²) in [6.07, 6.45) is 1.75. The van der Waals surface area contributed by atoms with Crippen LogP contribution in [0.3, 0.4) is 0 Å². The molecule has 0 bridgehead atoms. The van der Waals surface area contributed by atoms with Gasteiger partial charge in [-0.3, -0.25) is 0 Å². The summed E-state index contributed by atoms with van der Waals surface area (Å²) in [5, 5.41) is 9.66. The van der Waals surface area contributed by atoms with Gasteiger partial charge in [-0.15, -0.1) is 0 Å². The second-order valence-corrected chi connectivity index (χ2v) is 11.2. The molecule has 0 heterocycles. The quantitative estimate of drug-likeness (QED) is 0.700. The summed E-state index contributed by atoms with van der Waals surface area (Å²) >= 11 is 0. The van der Waals surface area contributed by atoms with Gasteiger partial charge in [-0.05, 0) is 49.5 Å². The van der Waals surface area contributed by atoms with Crippen LogP contribution in [0.2, 0.25) is 19.6 Å². The molecule has 1 aromatic carbocycles. The maximum absolute atomic E-state index is 9.66. The molecule has 110 valence electrons. The second-order valence-electron chi connectivity index (χ2n) is 6.80. The molecule has 0 aliphatic heterocycles. The monoisotopic (exact) mass is 289 g/mol. The van der Waals surface area contributed by atoms with Crippen molar-refractivity contribution in [1.29, 1.82) is 5.26 Å². The van der Waals surface area contributed by atoms with Crippen molar-refractivity contribution >= 4 is 8.32 Å². The van der Waals surface area contributed by atoms with E-state index in [4.69, 9.17) is 4.43 Å². The maximum Gasteiger partial charge on any atom is 0.186 e. The van der Waals surface area contributed by atoms with Crippen molar-refractivity contribution in [1.82, 2.24) is 0 Å². The van der Waals surface area contributed by atoms with Crippen molar-refractivity contribution in [3.8, 4) is 6.07 Å². The van der Waals surface area contributed by atoms with E-state index >= 15 is 0 Å². The molecular formula is C17H27NOSi. The SMILES string of the molecule is CCC(C#N)(O[Si](C)(C)C)c1ccc(CC(C)C)cc1. The van der Waals surface area contributed by atoms with E-state index in [-0.39, 0.29) is 0 Å². The fourth-order valence-corrected chi connectivity index (χ4v) is 3.76. The van der Waals surface area contributed by atoms with Gasteiger partial charge in [0.1, 0.15) is 6.07 Å². The lowest BCUT2D eigenvalue weighted by Crippen LogP contribution is -2.39. The molecule has 1 rings (SSSR count). The third-order valence-corrected chi connectivity index (χ3v) is 4.18. The summed E-state index contributed by atoms with van der Waals surface area (Å²) < 4.78 is 6.21. The van der Waals surface area contributed by atoms with Gasteiger partial charge in [0.2, 0.25) is 0 Å². The van der Waals surface area contributed by atoms with Crippen LogP contribution in [0, 0.1) is 17.2 Å². The Morgan fingerprint density at radius 1 is 1.20 bits per heavy atom. The highest BCUT2D eigenvalue weighted by atomic mass is 28.4. The average Bonchev–Trinajstić information content (AvgIpc) is 2.35. The summed E-state index contributed by atoms with van der Waals surface area (Å²) in [5.41, 5.74) is 1.51. The van der Waals surface area contributed by atoms with Crippen LogP contribution < -0.4 is 0 Å². The molecule has 0 aromatic heterocycles. The van der Waals surface area contributed by atoms with Crippen LogP contribution >= 0.6 is 0 Å². The van der Waals surface area contributed by atoms with Gasteiger partial charge >= 0.3 is 0 Å². The Bertz CT molecular complexity index is 467. The number of benzene rings is 1. The van der Waals surface area contributed by atoms with Crippen LogP contribution in [-0.2, 0) is 16.4 Å². The van der Waals surface area contributed by atoms with Crippen LogP contribution in [0.25, 0.3) is 0 Å². The zero-order chi connectivity index (χ0) is 15.4. The Kier molecular flexibility index (Phi) is 5.56. The molecule has 0 saturated carbocycles. The molecule has 0 radical (unpaired) electrons. The first kappa shape index (κ1) is 16.9. The van der Waals surface area contributed by atoms with Crippen molar-refractivity contribution in [2.75, 3.05) is 0 Å². The lowest BCUT2D eigenvalue weighted by molar-refractivity contribution is 0.114. The molecule has 1 unspecified atom stereocenters. The number of hydrogen-bond acceptors (Lipinski definition) is 2. The number of nitrogens with zero attached hydrogens (tertiary/aromatic N) is 1. The van der Waals surface area contributed by atoms with Gasteiger partial charge < -0.3 is 4.43 Å². The van der Waals surface area contributed by atoms with Gasteiger partial charge in [0, 0.05) is 0 Å². The first-order valence-electron chi connectivity index (χ1n) is 7.43. The van der Waals surface area contributed by atoms with E-state index in [2.05, 4.69) is 63.8 Å². The summed E-state index contributed by atoms with van der Waals surface area (Å²) in [5.74, 6) is 0.644. The first-order chi connectivity index (χ1) is 9.22.